The summed E-state index contributed by atoms with van der Waals surface area (Å²) in [5, 5.41) is 1.14. The van der Waals surface area contributed by atoms with E-state index in [1.807, 2.05) is 12.1 Å². The molecule has 20 heavy (non-hydrogen) atoms. The lowest BCUT2D eigenvalue weighted by molar-refractivity contribution is 0.410. The molecular weight excluding hydrogens is 276 g/mol. The van der Waals surface area contributed by atoms with E-state index < -0.39 is 0 Å². The Balaban J connectivity index is 2.28. The highest BCUT2D eigenvalue weighted by Gasteiger charge is 2.10. The Labute approximate surface area is 120 Å². The quantitative estimate of drug-likeness (QED) is 0.711. The normalized spacial score (nSPS) is 10.7. The average Bonchev–Trinajstić information content (AvgIpc) is 2.47. The van der Waals surface area contributed by atoms with E-state index in [2.05, 4.69) is 0 Å². The van der Waals surface area contributed by atoms with Gasteiger partial charge in [0.2, 0.25) is 0 Å². The summed E-state index contributed by atoms with van der Waals surface area (Å²) in [7, 11) is 1.55. The second kappa shape index (κ2) is 5.02. The SMILES string of the molecule is COc1cccc2c(=O)cc(-c3ccc(Cl)cc3)oc12. The average molecular weight is 287 g/mol. The van der Waals surface area contributed by atoms with E-state index in [4.69, 9.17) is 20.8 Å². The minimum atomic E-state index is -0.102. The summed E-state index contributed by atoms with van der Waals surface area (Å²) in [5.41, 5.74) is 1.14. The summed E-state index contributed by atoms with van der Waals surface area (Å²) < 4.78 is 11.1. The highest BCUT2D eigenvalue weighted by molar-refractivity contribution is 6.30. The molecule has 0 aliphatic carbocycles. The van der Waals surface area contributed by atoms with Crippen LogP contribution in [0.3, 0.4) is 0 Å². The van der Waals surface area contributed by atoms with Gasteiger partial charge < -0.3 is 9.15 Å². The molecule has 1 heterocycles. The number of hydrogen-bond acceptors (Lipinski definition) is 3. The zero-order chi connectivity index (χ0) is 14.1. The van der Waals surface area contributed by atoms with Gasteiger partial charge in [-0.15, -0.1) is 0 Å². The second-order valence-electron chi connectivity index (χ2n) is 4.32. The van der Waals surface area contributed by atoms with E-state index in [1.54, 1.807) is 37.4 Å². The van der Waals surface area contributed by atoms with Crippen LogP contribution in [0.15, 0.2) is 57.7 Å². The van der Waals surface area contributed by atoms with Gasteiger partial charge in [-0.2, -0.15) is 0 Å². The molecule has 0 spiro atoms. The predicted octanol–water partition coefficient (Wildman–Crippen LogP) is 4.12. The molecule has 3 aromatic rings. The lowest BCUT2D eigenvalue weighted by atomic mass is 10.1. The van der Waals surface area contributed by atoms with Crippen LogP contribution in [0.5, 0.6) is 5.75 Å². The van der Waals surface area contributed by atoms with E-state index in [1.165, 1.54) is 6.07 Å². The molecule has 100 valence electrons. The maximum Gasteiger partial charge on any atom is 0.193 e. The van der Waals surface area contributed by atoms with E-state index in [-0.39, 0.29) is 5.43 Å². The number of rotatable bonds is 2. The number of ether oxygens (including phenoxy) is 1. The van der Waals surface area contributed by atoms with Crippen LogP contribution >= 0.6 is 11.6 Å². The highest BCUT2D eigenvalue weighted by atomic mass is 35.5. The van der Waals surface area contributed by atoms with Gasteiger partial charge in [0.1, 0.15) is 5.76 Å². The monoisotopic (exact) mass is 286 g/mol. The van der Waals surface area contributed by atoms with Gasteiger partial charge in [-0.25, -0.2) is 0 Å². The standard InChI is InChI=1S/C16H11ClO3/c1-19-14-4-2-3-12-13(18)9-15(20-16(12)14)10-5-7-11(17)8-6-10/h2-9H,1H3. The Morgan fingerprint density at radius 1 is 1.10 bits per heavy atom. The molecule has 0 fully saturated rings. The first-order valence-electron chi connectivity index (χ1n) is 6.06. The van der Waals surface area contributed by atoms with Gasteiger partial charge >= 0.3 is 0 Å². The molecular formula is C16H11ClO3. The van der Waals surface area contributed by atoms with E-state index >= 15 is 0 Å². The number of benzene rings is 2. The molecule has 0 N–H and O–H groups in total. The molecule has 0 saturated heterocycles. The third kappa shape index (κ3) is 2.17. The van der Waals surface area contributed by atoms with Gasteiger partial charge in [-0.3, -0.25) is 4.79 Å². The predicted molar refractivity (Wildman–Crippen MR) is 79.5 cm³/mol. The molecule has 3 nitrogen and oxygen atoms in total. The molecule has 0 atom stereocenters. The van der Waals surface area contributed by atoms with Crippen LogP contribution in [0.25, 0.3) is 22.3 Å². The summed E-state index contributed by atoms with van der Waals surface area (Å²) in [6.07, 6.45) is 0. The maximum absolute atomic E-state index is 12.2. The minimum absolute atomic E-state index is 0.102. The zero-order valence-corrected chi connectivity index (χ0v) is 11.5. The van der Waals surface area contributed by atoms with Gasteiger partial charge in [-0.1, -0.05) is 17.7 Å². The van der Waals surface area contributed by atoms with Crippen molar-refractivity contribution < 1.29 is 9.15 Å². The number of hydrogen-bond donors (Lipinski definition) is 0. The second-order valence-corrected chi connectivity index (χ2v) is 4.76. The van der Waals surface area contributed by atoms with Crippen molar-refractivity contribution in [1.82, 2.24) is 0 Å². The van der Waals surface area contributed by atoms with Crippen molar-refractivity contribution in [3.8, 4) is 17.1 Å². The molecule has 0 aliphatic heterocycles. The summed E-state index contributed by atoms with van der Waals surface area (Å²) in [4.78, 5) is 12.2. The van der Waals surface area contributed by atoms with Crippen LogP contribution in [-0.4, -0.2) is 7.11 Å². The summed E-state index contributed by atoms with van der Waals surface area (Å²) in [6, 6.07) is 13.8. The first-order chi connectivity index (χ1) is 9.69. The fourth-order valence-corrected chi connectivity index (χ4v) is 2.19. The molecule has 2 aromatic carbocycles. The van der Waals surface area contributed by atoms with Crippen molar-refractivity contribution in [3.63, 3.8) is 0 Å². The van der Waals surface area contributed by atoms with Crippen molar-refractivity contribution >= 4 is 22.6 Å². The van der Waals surface area contributed by atoms with E-state index in [9.17, 15) is 4.79 Å². The van der Waals surface area contributed by atoms with Gasteiger partial charge in [0.05, 0.1) is 12.5 Å². The van der Waals surface area contributed by atoms with Crippen LogP contribution in [0.1, 0.15) is 0 Å². The summed E-state index contributed by atoms with van der Waals surface area (Å²) in [6.45, 7) is 0. The van der Waals surface area contributed by atoms with Crippen molar-refractivity contribution in [2.45, 2.75) is 0 Å². The Bertz CT molecular complexity index is 819. The fraction of sp³-hybridized carbons (Fsp3) is 0.0625. The van der Waals surface area contributed by atoms with E-state index in [0.717, 1.165) is 5.56 Å². The number of para-hydroxylation sites is 1. The summed E-state index contributed by atoms with van der Waals surface area (Å²) in [5.74, 6) is 1.03. The zero-order valence-electron chi connectivity index (χ0n) is 10.7. The lowest BCUT2D eigenvalue weighted by Gasteiger charge is -2.06. The first-order valence-corrected chi connectivity index (χ1v) is 6.43. The van der Waals surface area contributed by atoms with Crippen LogP contribution in [0.2, 0.25) is 5.02 Å². The van der Waals surface area contributed by atoms with Crippen molar-refractivity contribution in [2.24, 2.45) is 0 Å². The van der Waals surface area contributed by atoms with Crippen LogP contribution in [-0.2, 0) is 0 Å². The van der Waals surface area contributed by atoms with Gasteiger partial charge in [0.15, 0.2) is 16.8 Å². The Kier molecular flexibility index (Phi) is 3.20. The smallest absolute Gasteiger partial charge is 0.193 e. The van der Waals surface area contributed by atoms with E-state index in [0.29, 0.717) is 27.5 Å². The summed E-state index contributed by atoms with van der Waals surface area (Å²) >= 11 is 5.86. The van der Waals surface area contributed by atoms with Crippen LogP contribution in [0.4, 0.5) is 0 Å². The molecule has 0 radical (unpaired) electrons. The third-order valence-corrected chi connectivity index (χ3v) is 3.32. The number of halogens is 1. The number of fused-ring (bicyclic) bond motifs is 1. The molecule has 0 aliphatic rings. The van der Waals surface area contributed by atoms with Crippen molar-refractivity contribution in [3.05, 3.63) is 63.8 Å². The third-order valence-electron chi connectivity index (χ3n) is 3.07. The Morgan fingerprint density at radius 3 is 2.55 bits per heavy atom. The highest BCUT2D eigenvalue weighted by Crippen LogP contribution is 2.28. The molecule has 4 heteroatoms. The van der Waals surface area contributed by atoms with Crippen LogP contribution < -0.4 is 10.2 Å². The Morgan fingerprint density at radius 2 is 1.85 bits per heavy atom. The molecule has 0 amide bonds. The largest absolute Gasteiger partial charge is 0.493 e. The molecule has 1 aromatic heterocycles. The molecule has 0 unspecified atom stereocenters. The Hall–Kier alpha value is -2.26. The van der Waals surface area contributed by atoms with Gasteiger partial charge in [0, 0.05) is 16.7 Å². The molecule has 0 bridgehead atoms. The minimum Gasteiger partial charge on any atom is -0.493 e. The lowest BCUT2D eigenvalue weighted by Crippen LogP contribution is -2.01. The maximum atomic E-state index is 12.2. The topological polar surface area (TPSA) is 39.4 Å². The van der Waals surface area contributed by atoms with Gasteiger partial charge in [-0.05, 0) is 36.4 Å². The molecule has 0 saturated carbocycles. The van der Waals surface area contributed by atoms with Crippen LogP contribution in [0, 0.1) is 0 Å². The number of methoxy groups -OCH3 is 1. The first kappa shape index (κ1) is 12.8. The molecule has 3 rings (SSSR count). The fourth-order valence-electron chi connectivity index (χ4n) is 2.07. The van der Waals surface area contributed by atoms with Crippen molar-refractivity contribution in [1.29, 1.82) is 0 Å². The van der Waals surface area contributed by atoms with Gasteiger partial charge in [0.25, 0.3) is 0 Å². The van der Waals surface area contributed by atoms with Crippen molar-refractivity contribution in [2.75, 3.05) is 7.11 Å².